The lowest BCUT2D eigenvalue weighted by Gasteiger charge is -2.18. The summed E-state index contributed by atoms with van der Waals surface area (Å²) >= 11 is 0. The van der Waals surface area contributed by atoms with E-state index in [0.717, 1.165) is 37.3 Å². The van der Waals surface area contributed by atoms with Gasteiger partial charge in [0.25, 0.3) is 5.89 Å². The molecule has 2 aromatic heterocycles. The molecule has 3 heterocycles. The average Bonchev–Trinajstić information content (AvgIpc) is 2.90. The van der Waals surface area contributed by atoms with Gasteiger partial charge in [-0.3, -0.25) is 0 Å². The van der Waals surface area contributed by atoms with Crippen molar-refractivity contribution in [3.8, 4) is 11.5 Å². The van der Waals surface area contributed by atoms with E-state index in [-0.39, 0.29) is 0 Å². The van der Waals surface area contributed by atoms with E-state index in [9.17, 15) is 0 Å². The summed E-state index contributed by atoms with van der Waals surface area (Å²) in [6.45, 7) is 3.83. The molecule has 94 valence electrons. The number of hydrogen-bond donors (Lipinski definition) is 1. The SMILES string of the molecule is Cc1ncc(-c2nnc(C3CCCNC3)o2)cn1. The molecule has 0 saturated carbocycles. The van der Waals surface area contributed by atoms with Crippen molar-refractivity contribution in [3.63, 3.8) is 0 Å². The monoisotopic (exact) mass is 245 g/mol. The fourth-order valence-electron chi connectivity index (χ4n) is 2.08. The summed E-state index contributed by atoms with van der Waals surface area (Å²) in [6.07, 6.45) is 5.66. The van der Waals surface area contributed by atoms with Gasteiger partial charge < -0.3 is 9.73 Å². The van der Waals surface area contributed by atoms with Gasteiger partial charge in [-0.25, -0.2) is 9.97 Å². The molecule has 0 aromatic carbocycles. The molecule has 18 heavy (non-hydrogen) atoms. The fraction of sp³-hybridized carbons (Fsp3) is 0.500. The van der Waals surface area contributed by atoms with Crippen LogP contribution in [0.1, 0.15) is 30.5 Å². The largest absolute Gasteiger partial charge is 0.420 e. The predicted octanol–water partition coefficient (Wildman–Crippen LogP) is 1.30. The highest BCUT2D eigenvalue weighted by molar-refractivity contribution is 5.48. The van der Waals surface area contributed by atoms with E-state index in [1.165, 1.54) is 0 Å². The van der Waals surface area contributed by atoms with E-state index in [1.54, 1.807) is 12.4 Å². The maximum absolute atomic E-state index is 5.71. The van der Waals surface area contributed by atoms with Gasteiger partial charge in [0.1, 0.15) is 5.82 Å². The number of rotatable bonds is 2. The van der Waals surface area contributed by atoms with Crippen molar-refractivity contribution in [3.05, 3.63) is 24.1 Å². The van der Waals surface area contributed by atoms with Crippen molar-refractivity contribution in [1.29, 1.82) is 0 Å². The van der Waals surface area contributed by atoms with Crippen LogP contribution in [0.5, 0.6) is 0 Å². The summed E-state index contributed by atoms with van der Waals surface area (Å²) in [5.74, 6) is 2.26. The molecule has 0 aliphatic carbocycles. The Hall–Kier alpha value is -1.82. The molecule has 1 atom stereocenters. The molecule has 6 heteroatoms. The van der Waals surface area contributed by atoms with E-state index >= 15 is 0 Å². The van der Waals surface area contributed by atoms with Crippen molar-refractivity contribution in [1.82, 2.24) is 25.5 Å². The third-order valence-corrected chi connectivity index (χ3v) is 3.11. The van der Waals surface area contributed by atoms with Gasteiger partial charge in [-0.2, -0.15) is 0 Å². The number of piperidine rings is 1. The Morgan fingerprint density at radius 1 is 1.28 bits per heavy atom. The molecular weight excluding hydrogens is 230 g/mol. The lowest BCUT2D eigenvalue weighted by atomic mass is 10.00. The second-order valence-corrected chi connectivity index (χ2v) is 4.51. The smallest absolute Gasteiger partial charge is 0.250 e. The first-order chi connectivity index (χ1) is 8.83. The second kappa shape index (κ2) is 4.81. The normalized spacial score (nSPS) is 19.9. The highest BCUT2D eigenvalue weighted by Crippen LogP contribution is 2.24. The predicted molar refractivity (Wildman–Crippen MR) is 64.9 cm³/mol. The number of aromatic nitrogens is 4. The lowest BCUT2D eigenvalue weighted by molar-refractivity contribution is 0.380. The summed E-state index contributed by atoms with van der Waals surface area (Å²) in [5.41, 5.74) is 0.767. The van der Waals surface area contributed by atoms with Crippen molar-refractivity contribution < 1.29 is 4.42 Å². The molecule has 6 nitrogen and oxygen atoms in total. The van der Waals surface area contributed by atoms with E-state index in [1.807, 2.05) is 6.92 Å². The minimum Gasteiger partial charge on any atom is -0.420 e. The first kappa shape index (κ1) is 11.3. The standard InChI is InChI=1S/C12H15N5O/c1-8-14-6-10(7-15-8)12-17-16-11(18-12)9-3-2-4-13-5-9/h6-7,9,13H,2-5H2,1H3. The summed E-state index contributed by atoms with van der Waals surface area (Å²) in [7, 11) is 0. The summed E-state index contributed by atoms with van der Waals surface area (Å²) < 4.78 is 5.71. The molecule has 0 spiro atoms. The molecule has 1 N–H and O–H groups in total. The maximum Gasteiger partial charge on any atom is 0.250 e. The molecule has 2 aromatic rings. The van der Waals surface area contributed by atoms with Crippen LogP contribution in [0.25, 0.3) is 11.5 Å². The summed E-state index contributed by atoms with van der Waals surface area (Å²) in [6, 6.07) is 0. The Bertz CT molecular complexity index is 516. The van der Waals surface area contributed by atoms with Crippen LogP contribution in [0.2, 0.25) is 0 Å². The van der Waals surface area contributed by atoms with Crippen LogP contribution >= 0.6 is 0 Å². The lowest BCUT2D eigenvalue weighted by Crippen LogP contribution is -2.28. The zero-order valence-corrected chi connectivity index (χ0v) is 10.3. The van der Waals surface area contributed by atoms with Gasteiger partial charge in [0.2, 0.25) is 5.89 Å². The van der Waals surface area contributed by atoms with Crippen molar-refractivity contribution in [2.75, 3.05) is 13.1 Å². The van der Waals surface area contributed by atoms with Crippen LogP contribution in [-0.2, 0) is 0 Å². The Morgan fingerprint density at radius 2 is 2.11 bits per heavy atom. The Labute approximate surface area is 105 Å². The highest BCUT2D eigenvalue weighted by atomic mass is 16.4. The zero-order valence-electron chi connectivity index (χ0n) is 10.3. The van der Waals surface area contributed by atoms with Crippen molar-refractivity contribution >= 4 is 0 Å². The molecule has 1 aliphatic heterocycles. The van der Waals surface area contributed by atoms with Gasteiger partial charge in [-0.15, -0.1) is 10.2 Å². The van der Waals surface area contributed by atoms with Crippen LogP contribution in [0, 0.1) is 6.92 Å². The van der Waals surface area contributed by atoms with Gasteiger partial charge in [-0.1, -0.05) is 0 Å². The Morgan fingerprint density at radius 3 is 2.83 bits per heavy atom. The van der Waals surface area contributed by atoms with Gasteiger partial charge >= 0.3 is 0 Å². The number of nitrogens with one attached hydrogen (secondary N) is 1. The minimum absolute atomic E-state index is 0.325. The highest BCUT2D eigenvalue weighted by Gasteiger charge is 2.21. The first-order valence-corrected chi connectivity index (χ1v) is 6.16. The third kappa shape index (κ3) is 2.24. The van der Waals surface area contributed by atoms with Crippen LogP contribution in [0.15, 0.2) is 16.8 Å². The Kier molecular flexibility index (Phi) is 3.02. The van der Waals surface area contributed by atoms with Crippen molar-refractivity contribution in [2.45, 2.75) is 25.7 Å². The third-order valence-electron chi connectivity index (χ3n) is 3.11. The number of hydrogen-bond acceptors (Lipinski definition) is 6. The second-order valence-electron chi connectivity index (χ2n) is 4.51. The zero-order chi connectivity index (χ0) is 12.4. The van der Waals surface area contributed by atoms with E-state index in [4.69, 9.17) is 4.42 Å². The van der Waals surface area contributed by atoms with E-state index in [2.05, 4.69) is 25.5 Å². The van der Waals surface area contributed by atoms with E-state index in [0.29, 0.717) is 17.7 Å². The molecule has 0 radical (unpaired) electrons. The van der Waals surface area contributed by atoms with E-state index < -0.39 is 0 Å². The number of aryl methyl sites for hydroxylation is 1. The minimum atomic E-state index is 0.325. The van der Waals surface area contributed by atoms with Crippen LogP contribution in [0.3, 0.4) is 0 Å². The topological polar surface area (TPSA) is 76.7 Å². The van der Waals surface area contributed by atoms with Crippen molar-refractivity contribution in [2.24, 2.45) is 0 Å². The molecule has 1 saturated heterocycles. The van der Waals surface area contributed by atoms with Gasteiger partial charge in [0, 0.05) is 24.9 Å². The summed E-state index contributed by atoms with van der Waals surface area (Å²) in [4.78, 5) is 8.25. The summed E-state index contributed by atoms with van der Waals surface area (Å²) in [5, 5.41) is 11.5. The molecular formula is C12H15N5O. The van der Waals surface area contributed by atoms with Crippen LogP contribution < -0.4 is 5.32 Å². The quantitative estimate of drug-likeness (QED) is 0.859. The molecule has 1 aliphatic rings. The van der Waals surface area contributed by atoms with Gasteiger partial charge in [0.05, 0.1) is 5.56 Å². The Balaban J connectivity index is 1.82. The average molecular weight is 245 g/mol. The van der Waals surface area contributed by atoms with Crippen LogP contribution in [0.4, 0.5) is 0 Å². The molecule has 1 fully saturated rings. The molecule has 0 bridgehead atoms. The molecule has 0 amide bonds. The fourth-order valence-corrected chi connectivity index (χ4v) is 2.08. The maximum atomic E-state index is 5.71. The molecule has 1 unspecified atom stereocenters. The number of nitrogens with zero attached hydrogens (tertiary/aromatic N) is 4. The van der Waals surface area contributed by atoms with Gasteiger partial charge in [0.15, 0.2) is 0 Å². The van der Waals surface area contributed by atoms with Gasteiger partial charge in [-0.05, 0) is 26.3 Å². The van der Waals surface area contributed by atoms with Crippen LogP contribution in [-0.4, -0.2) is 33.3 Å². The molecule has 3 rings (SSSR count). The first-order valence-electron chi connectivity index (χ1n) is 6.16.